The molecule has 0 saturated heterocycles. The Morgan fingerprint density at radius 2 is 1.94 bits per heavy atom. The highest BCUT2D eigenvalue weighted by molar-refractivity contribution is 5.77. The van der Waals surface area contributed by atoms with Gasteiger partial charge in [-0.2, -0.15) is 0 Å². The van der Waals surface area contributed by atoms with Crippen LogP contribution in [0.2, 0.25) is 0 Å². The van der Waals surface area contributed by atoms with Gasteiger partial charge in [-0.25, -0.2) is 4.79 Å². The Bertz CT molecular complexity index is 381. The molecule has 1 aromatic carbocycles. The number of benzene rings is 1. The van der Waals surface area contributed by atoms with Crippen LogP contribution in [-0.2, 0) is 16.1 Å². The molecule has 0 heterocycles. The van der Waals surface area contributed by atoms with Crippen LogP contribution in [0, 0.1) is 0 Å². The Kier molecular flexibility index (Phi) is 6.27. The van der Waals surface area contributed by atoms with Gasteiger partial charge < -0.3 is 21.1 Å². The summed E-state index contributed by atoms with van der Waals surface area (Å²) in [4.78, 5) is 21.7. The van der Waals surface area contributed by atoms with Crippen molar-refractivity contribution in [3.63, 3.8) is 0 Å². The quantitative estimate of drug-likeness (QED) is 0.594. The molecule has 0 unspecified atom stereocenters. The van der Waals surface area contributed by atoms with E-state index in [1.54, 1.807) is 0 Å². The van der Waals surface area contributed by atoms with E-state index in [9.17, 15) is 9.59 Å². The Morgan fingerprint density at radius 3 is 2.61 bits per heavy atom. The van der Waals surface area contributed by atoms with E-state index in [1.807, 2.05) is 30.3 Å². The van der Waals surface area contributed by atoms with E-state index in [4.69, 9.17) is 5.73 Å². The zero-order valence-corrected chi connectivity index (χ0v) is 10.0. The highest BCUT2D eigenvalue weighted by atomic mass is 16.5. The second-order valence-corrected chi connectivity index (χ2v) is 3.61. The zero-order chi connectivity index (χ0) is 13.2. The van der Waals surface area contributed by atoms with Gasteiger partial charge in [-0.05, 0) is 5.56 Å². The Morgan fingerprint density at radius 1 is 1.22 bits per heavy atom. The standard InChI is InChI=1S/C12H17N3O3/c13-12(17)18-7-6-14-9-11(16)15-8-10-4-2-1-3-5-10/h1-5,14H,6-9H2,(H2,13,17)(H,15,16). The Balaban J connectivity index is 2.06. The fourth-order valence-corrected chi connectivity index (χ4v) is 1.28. The van der Waals surface area contributed by atoms with Crippen LogP contribution in [0.1, 0.15) is 5.56 Å². The monoisotopic (exact) mass is 251 g/mol. The maximum absolute atomic E-state index is 11.4. The molecule has 6 nitrogen and oxygen atoms in total. The van der Waals surface area contributed by atoms with Crippen LogP contribution in [0.15, 0.2) is 30.3 Å². The second kappa shape index (κ2) is 8.08. The molecule has 0 radical (unpaired) electrons. The van der Waals surface area contributed by atoms with Gasteiger partial charge in [-0.1, -0.05) is 30.3 Å². The lowest BCUT2D eigenvalue weighted by Gasteiger charge is -2.06. The smallest absolute Gasteiger partial charge is 0.404 e. The summed E-state index contributed by atoms with van der Waals surface area (Å²) in [7, 11) is 0. The molecule has 1 rings (SSSR count). The van der Waals surface area contributed by atoms with Crippen molar-refractivity contribution in [1.82, 2.24) is 10.6 Å². The van der Waals surface area contributed by atoms with Crippen molar-refractivity contribution in [3.05, 3.63) is 35.9 Å². The molecular weight excluding hydrogens is 234 g/mol. The second-order valence-electron chi connectivity index (χ2n) is 3.61. The van der Waals surface area contributed by atoms with Crippen LogP contribution >= 0.6 is 0 Å². The molecule has 6 heteroatoms. The summed E-state index contributed by atoms with van der Waals surface area (Å²) < 4.78 is 4.50. The maximum atomic E-state index is 11.4. The average molecular weight is 251 g/mol. The lowest BCUT2D eigenvalue weighted by atomic mass is 10.2. The van der Waals surface area contributed by atoms with Crippen molar-refractivity contribution in [3.8, 4) is 0 Å². The van der Waals surface area contributed by atoms with E-state index in [0.29, 0.717) is 13.1 Å². The summed E-state index contributed by atoms with van der Waals surface area (Å²) in [5, 5.41) is 5.60. The number of ether oxygens (including phenoxy) is 1. The number of primary amides is 1. The minimum absolute atomic E-state index is 0.113. The predicted molar refractivity (Wildman–Crippen MR) is 66.7 cm³/mol. The molecule has 98 valence electrons. The zero-order valence-electron chi connectivity index (χ0n) is 10.0. The fraction of sp³-hybridized carbons (Fsp3) is 0.333. The van der Waals surface area contributed by atoms with Gasteiger partial charge in [0, 0.05) is 13.1 Å². The van der Waals surface area contributed by atoms with Crippen LogP contribution in [-0.4, -0.2) is 31.7 Å². The molecular formula is C12H17N3O3. The van der Waals surface area contributed by atoms with Crippen LogP contribution in [0.5, 0.6) is 0 Å². The number of carbonyl (C=O) groups is 2. The first-order valence-electron chi connectivity index (χ1n) is 5.62. The van der Waals surface area contributed by atoms with Crippen LogP contribution in [0.3, 0.4) is 0 Å². The third-order valence-corrected chi connectivity index (χ3v) is 2.14. The number of amides is 2. The number of hydrogen-bond acceptors (Lipinski definition) is 4. The third kappa shape index (κ3) is 6.49. The molecule has 0 saturated carbocycles. The molecule has 0 spiro atoms. The maximum Gasteiger partial charge on any atom is 0.404 e. The topological polar surface area (TPSA) is 93.5 Å². The van der Waals surface area contributed by atoms with Crippen molar-refractivity contribution < 1.29 is 14.3 Å². The third-order valence-electron chi connectivity index (χ3n) is 2.14. The van der Waals surface area contributed by atoms with E-state index in [2.05, 4.69) is 15.4 Å². The van der Waals surface area contributed by atoms with Crippen molar-refractivity contribution >= 4 is 12.0 Å². The molecule has 1 aromatic rings. The highest BCUT2D eigenvalue weighted by Crippen LogP contribution is 1.96. The summed E-state index contributed by atoms with van der Waals surface area (Å²) in [6.07, 6.45) is -0.815. The number of nitrogens with one attached hydrogen (secondary N) is 2. The van der Waals surface area contributed by atoms with Gasteiger partial charge in [-0.15, -0.1) is 0 Å². The van der Waals surface area contributed by atoms with Gasteiger partial charge in [0.1, 0.15) is 6.61 Å². The molecule has 18 heavy (non-hydrogen) atoms. The van der Waals surface area contributed by atoms with E-state index in [-0.39, 0.29) is 19.1 Å². The largest absolute Gasteiger partial charge is 0.448 e. The summed E-state index contributed by atoms with van der Waals surface area (Å²) in [5.41, 5.74) is 5.82. The highest BCUT2D eigenvalue weighted by Gasteiger charge is 2.00. The van der Waals surface area contributed by atoms with Crippen molar-refractivity contribution in [2.24, 2.45) is 5.73 Å². The SMILES string of the molecule is NC(=O)OCCNCC(=O)NCc1ccccc1. The normalized spacial score (nSPS) is 9.78. The molecule has 2 amide bonds. The first kappa shape index (κ1) is 14.0. The van der Waals surface area contributed by atoms with Gasteiger partial charge in [-0.3, -0.25) is 4.79 Å². The molecule has 0 atom stereocenters. The number of hydrogen-bond donors (Lipinski definition) is 3. The number of rotatable bonds is 7. The fourth-order valence-electron chi connectivity index (χ4n) is 1.28. The van der Waals surface area contributed by atoms with Crippen molar-refractivity contribution in [1.29, 1.82) is 0 Å². The molecule has 4 N–H and O–H groups in total. The first-order valence-corrected chi connectivity index (χ1v) is 5.62. The molecule has 0 aliphatic carbocycles. The van der Waals surface area contributed by atoms with E-state index >= 15 is 0 Å². The van der Waals surface area contributed by atoms with Gasteiger partial charge in [0.05, 0.1) is 6.54 Å². The van der Waals surface area contributed by atoms with Gasteiger partial charge >= 0.3 is 6.09 Å². The lowest BCUT2D eigenvalue weighted by molar-refractivity contribution is -0.120. The number of carbonyl (C=O) groups excluding carboxylic acids is 2. The molecule has 0 fully saturated rings. The predicted octanol–water partition coefficient (Wildman–Crippen LogP) is -0.0123. The van der Waals surface area contributed by atoms with Gasteiger partial charge in [0.2, 0.25) is 5.91 Å². The van der Waals surface area contributed by atoms with E-state index < -0.39 is 6.09 Å². The van der Waals surface area contributed by atoms with Crippen LogP contribution in [0.25, 0.3) is 0 Å². The lowest BCUT2D eigenvalue weighted by Crippen LogP contribution is -2.35. The summed E-state index contributed by atoms with van der Waals surface area (Å²) >= 11 is 0. The molecule has 0 aromatic heterocycles. The first-order chi connectivity index (χ1) is 8.68. The Labute approximate surface area is 105 Å². The molecule has 0 bridgehead atoms. The summed E-state index contributed by atoms with van der Waals surface area (Å²) in [6.45, 7) is 1.22. The van der Waals surface area contributed by atoms with E-state index in [1.165, 1.54) is 0 Å². The molecule has 0 aliphatic rings. The minimum atomic E-state index is -0.815. The average Bonchev–Trinajstić information content (AvgIpc) is 2.37. The van der Waals surface area contributed by atoms with Crippen LogP contribution in [0.4, 0.5) is 4.79 Å². The van der Waals surface area contributed by atoms with Gasteiger partial charge in [0.25, 0.3) is 0 Å². The summed E-state index contributed by atoms with van der Waals surface area (Å²) in [6, 6.07) is 9.64. The van der Waals surface area contributed by atoms with Crippen LogP contribution < -0.4 is 16.4 Å². The van der Waals surface area contributed by atoms with Crippen molar-refractivity contribution in [2.45, 2.75) is 6.54 Å². The summed E-state index contributed by atoms with van der Waals surface area (Å²) in [5.74, 6) is -0.113. The van der Waals surface area contributed by atoms with Crippen molar-refractivity contribution in [2.75, 3.05) is 19.7 Å². The minimum Gasteiger partial charge on any atom is -0.448 e. The Hall–Kier alpha value is -2.08. The number of nitrogens with two attached hydrogens (primary N) is 1. The molecule has 0 aliphatic heterocycles. The van der Waals surface area contributed by atoms with E-state index in [0.717, 1.165) is 5.56 Å². The van der Waals surface area contributed by atoms with Gasteiger partial charge in [0.15, 0.2) is 0 Å².